The summed E-state index contributed by atoms with van der Waals surface area (Å²) in [5.74, 6) is 1.31. The van der Waals surface area contributed by atoms with Crippen LogP contribution in [-0.2, 0) is 0 Å². The Morgan fingerprint density at radius 3 is 2.16 bits per heavy atom. The van der Waals surface area contributed by atoms with Crippen molar-refractivity contribution in [1.29, 1.82) is 0 Å². The number of carbonyl (C=O) groups is 1. The van der Waals surface area contributed by atoms with Gasteiger partial charge in [-0.05, 0) is 87.0 Å². The van der Waals surface area contributed by atoms with Crippen LogP contribution in [0.15, 0.2) is 60.7 Å². The molecule has 0 fully saturated rings. The van der Waals surface area contributed by atoms with E-state index in [4.69, 9.17) is 9.47 Å². The van der Waals surface area contributed by atoms with Gasteiger partial charge in [0.25, 0.3) is 5.91 Å². The highest BCUT2D eigenvalue weighted by Crippen LogP contribution is 2.24. The number of methoxy groups -OCH3 is 1. The van der Waals surface area contributed by atoms with E-state index in [2.05, 4.69) is 15.5 Å². The minimum absolute atomic E-state index is 0.0837. The second kappa shape index (κ2) is 8.47. The number of fused-ring (bicyclic) bond motifs is 1. The summed E-state index contributed by atoms with van der Waals surface area (Å²) in [7, 11) is 1.63. The maximum atomic E-state index is 12.7. The van der Waals surface area contributed by atoms with Gasteiger partial charge in [-0.2, -0.15) is 4.80 Å². The van der Waals surface area contributed by atoms with Gasteiger partial charge in [0.15, 0.2) is 0 Å². The van der Waals surface area contributed by atoms with Crippen molar-refractivity contribution in [3.05, 3.63) is 71.8 Å². The first-order valence-electron chi connectivity index (χ1n) is 10.0. The van der Waals surface area contributed by atoms with E-state index in [0.29, 0.717) is 16.8 Å². The van der Waals surface area contributed by atoms with Crippen molar-refractivity contribution in [3.8, 4) is 17.2 Å². The number of benzene rings is 3. The second-order valence-electron chi connectivity index (χ2n) is 7.49. The van der Waals surface area contributed by atoms with E-state index < -0.39 is 0 Å². The fraction of sp³-hybridized carbons (Fsp3) is 0.208. The fourth-order valence-electron chi connectivity index (χ4n) is 3.19. The number of amides is 1. The molecule has 1 N–H and O–H groups in total. The maximum absolute atomic E-state index is 12.7. The summed E-state index contributed by atoms with van der Waals surface area (Å²) in [4.78, 5) is 14.3. The van der Waals surface area contributed by atoms with Gasteiger partial charge in [-0.3, -0.25) is 4.79 Å². The van der Waals surface area contributed by atoms with Gasteiger partial charge in [0, 0.05) is 11.3 Å². The molecule has 1 amide bonds. The molecule has 0 aliphatic rings. The Hall–Kier alpha value is -3.87. The molecule has 0 aliphatic heterocycles. The third-order valence-corrected chi connectivity index (χ3v) is 4.77. The van der Waals surface area contributed by atoms with Crippen LogP contribution < -0.4 is 14.8 Å². The molecule has 0 atom stereocenters. The summed E-state index contributed by atoms with van der Waals surface area (Å²) in [6.07, 6.45) is 0.0837. The monoisotopic (exact) mass is 416 g/mol. The molecule has 0 saturated heterocycles. The van der Waals surface area contributed by atoms with E-state index in [-0.39, 0.29) is 12.0 Å². The lowest BCUT2D eigenvalue weighted by atomic mass is 10.1. The van der Waals surface area contributed by atoms with E-state index in [1.165, 1.54) is 0 Å². The maximum Gasteiger partial charge on any atom is 0.255 e. The summed E-state index contributed by atoms with van der Waals surface area (Å²) >= 11 is 0. The molecule has 7 heteroatoms. The third kappa shape index (κ3) is 4.50. The van der Waals surface area contributed by atoms with Gasteiger partial charge in [0.2, 0.25) is 0 Å². The molecule has 0 radical (unpaired) electrons. The van der Waals surface area contributed by atoms with Crippen LogP contribution in [0, 0.1) is 6.92 Å². The highest BCUT2D eigenvalue weighted by atomic mass is 16.5. The van der Waals surface area contributed by atoms with Crippen LogP contribution in [0.1, 0.15) is 29.8 Å². The number of carbonyl (C=O) groups excluding carboxylic acids is 1. The minimum Gasteiger partial charge on any atom is -0.497 e. The van der Waals surface area contributed by atoms with E-state index in [1.807, 2.05) is 57.2 Å². The molecule has 0 aliphatic carbocycles. The molecule has 1 heterocycles. The molecule has 31 heavy (non-hydrogen) atoms. The van der Waals surface area contributed by atoms with Crippen molar-refractivity contribution in [2.45, 2.75) is 26.9 Å². The van der Waals surface area contributed by atoms with Gasteiger partial charge in [0.05, 0.1) is 18.9 Å². The molecule has 4 rings (SSSR count). The Labute approximate surface area is 180 Å². The lowest BCUT2D eigenvalue weighted by Crippen LogP contribution is -2.13. The molecule has 0 unspecified atom stereocenters. The average molecular weight is 416 g/mol. The quantitative estimate of drug-likeness (QED) is 0.490. The Kier molecular flexibility index (Phi) is 5.58. The van der Waals surface area contributed by atoms with Gasteiger partial charge in [-0.15, -0.1) is 10.2 Å². The number of anilines is 1. The molecule has 158 valence electrons. The van der Waals surface area contributed by atoms with E-state index in [9.17, 15) is 4.79 Å². The molecular formula is C24H24N4O3. The Morgan fingerprint density at radius 2 is 1.55 bits per heavy atom. The third-order valence-electron chi connectivity index (χ3n) is 4.77. The zero-order chi connectivity index (χ0) is 22.0. The molecule has 1 aromatic heterocycles. The number of rotatable bonds is 6. The van der Waals surface area contributed by atoms with Gasteiger partial charge < -0.3 is 14.8 Å². The molecule has 7 nitrogen and oxygen atoms in total. The summed E-state index contributed by atoms with van der Waals surface area (Å²) < 4.78 is 10.8. The molecule has 4 aromatic rings. The van der Waals surface area contributed by atoms with Crippen molar-refractivity contribution in [1.82, 2.24) is 15.0 Å². The van der Waals surface area contributed by atoms with Crippen molar-refractivity contribution < 1.29 is 14.3 Å². The van der Waals surface area contributed by atoms with Crippen LogP contribution in [0.25, 0.3) is 16.7 Å². The average Bonchev–Trinajstić information content (AvgIpc) is 3.16. The Bertz CT molecular complexity index is 1210. The molecular weight excluding hydrogens is 392 g/mol. The van der Waals surface area contributed by atoms with Crippen LogP contribution in [0.2, 0.25) is 0 Å². The van der Waals surface area contributed by atoms with Gasteiger partial charge in [0.1, 0.15) is 22.5 Å². The van der Waals surface area contributed by atoms with E-state index in [1.54, 1.807) is 36.2 Å². The van der Waals surface area contributed by atoms with E-state index in [0.717, 1.165) is 28.3 Å². The first kappa shape index (κ1) is 20.4. The summed E-state index contributed by atoms with van der Waals surface area (Å²) in [6.45, 7) is 5.86. The zero-order valence-electron chi connectivity index (χ0n) is 17.9. The first-order valence-corrected chi connectivity index (χ1v) is 10.0. The minimum atomic E-state index is -0.193. The predicted molar refractivity (Wildman–Crippen MR) is 120 cm³/mol. The zero-order valence-corrected chi connectivity index (χ0v) is 17.9. The van der Waals surface area contributed by atoms with Crippen molar-refractivity contribution in [2.24, 2.45) is 0 Å². The summed E-state index contributed by atoms with van der Waals surface area (Å²) in [5, 5.41) is 12.1. The lowest BCUT2D eigenvalue weighted by Gasteiger charge is -2.11. The molecule has 0 saturated carbocycles. The van der Waals surface area contributed by atoms with Crippen LogP contribution in [-0.4, -0.2) is 34.1 Å². The van der Waals surface area contributed by atoms with Crippen molar-refractivity contribution >= 4 is 22.6 Å². The number of aryl methyl sites for hydroxylation is 1. The van der Waals surface area contributed by atoms with Crippen molar-refractivity contribution in [2.75, 3.05) is 12.4 Å². The van der Waals surface area contributed by atoms with Crippen LogP contribution in [0.3, 0.4) is 0 Å². The fourth-order valence-corrected chi connectivity index (χ4v) is 3.19. The summed E-state index contributed by atoms with van der Waals surface area (Å²) in [6, 6.07) is 18.3. The standard InChI is InChI=1S/C24H24N4O3/c1-15(2)31-20-9-5-17(6-10-20)24(29)25-21-14-23-22(13-16(21)3)26-28(27-23)18-7-11-19(30-4)12-8-18/h5-15H,1-4H3,(H,25,29). The molecule has 3 aromatic carbocycles. The van der Waals surface area contributed by atoms with E-state index >= 15 is 0 Å². The molecule has 0 bridgehead atoms. The highest BCUT2D eigenvalue weighted by Gasteiger charge is 2.12. The molecule has 0 spiro atoms. The van der Waals surface area contributed by atoms with Gasteiger partial charge in [-0.25, -0.2) is 0 Å². The number of nitrogens with zero attached hydrogens (tertiary/aromatic N) is 3. The van der Waals surface area contributed by atoms with Crippen molar-refractivity contribution in [3.63, 3.8) is 0 Å². The second-order valence-corrected chi connectivity index (χ2v) is 7.49. The Morgan fingerprint density at radius 1 is 0.935 bits per heavy atom. The Balaban J connectivity index is 1.56. The smallest absolute Gasteiger partial charge is 0.255 e. The van der Waals surface area contributed by atoms with Crippen LogP contribution >= 0.6 is 0 Å². The normalized spacial score (nSPS) is 11.0. The largest absolute Gasteiger partial charge is 0.497 e. The van der Waals surface area contributed by atoms with Gasteiger partial charge >= 0.3 is 0 Å². The van der Waals surface area contributed by atoms with Crippen LogP contribution in [0.4, 0.5) is 5.69 Å². The number of hydrogen-bond donors (Lipinski definition) is 1. The first-order chi connectivity index (χ1) is 14.9. The number of ether oxygens (including phenoxy) is 2. The number of aromatic nitrogens is 3. The number of hydrogen-bond acceptors (Lipinski definition) is 5. The highest BCUT2D eigenvalue weighted by molar-refractivity contribution is 6.05. The predicted octanol–water partition coefficient (Wildman–Crippen LogP) is 4.78. The SMILES string of the molecule is COc1ccc(-n2nc3cc(C)c(NC(=O)c4ccc(OC(C)C)cc4)cc3n2)cc1. The topological polar surface area (TPSA) is 78.3 Å². The lowest BCUT2D eigenvalue weighted by molar-refractivity contribution is 0.102. The number of nitrogens with one attached hydrogen (secondary N) is 1. The van der Waals surface area contributed by atoms with Gasteiger partial charge in [-0.1, -0.05) is 0 Å². The summed E-state index contributed by atoms with van der Waals surface area (Å²) in [5.41, 5.74) is 4.42. The van der Waals surface area contributed by atoms with Crippen LogP contribution in [0.5, 0.6) is 11.5 Å².